The third-order valence-electron chi connectivity index (χ3n) is 2.82. The van der Waals surface area contributed by atoms with E-state index in [4.69, 9.17) is 0 Å². The van der Waals surface area contributed by atoms with Gasteiger partial charge in [-0.05, 0) is 52.5 Å². The Hall–Kier alpha value is -1.23. The Morgan fingerprint density at radius 1 is 1.24 bits per heavy atom. The normalized spacial score (nSPS) is 13.0. The van der Waals surface area contributed by atoms with E-state index in [0.29, 0.717) is 0 Å². The molecule has 2 nitrogen and oxygen atoms in total. The maximum absolute atomic E-state index is 4.49. The molecule has 0 aliphatic heterocycles. The van der Waals surface area contributed by atoms with Crippen molar-refractivity contribution in [2.75, 3.05) is 7.05 Å². The van der Waals surface area contributed by atoms with Gasteiger partial charge in [-0.15, -0.1) is 11.3 Å². The van der Waals surface area contributed by atoms with Gasteiger partial charge in [-0.25, -0.2) is 0 Å². The van der Waals surface area contributed by atoms with Gasteiger partial charge in [0.1, 0.15) is 0 Å². The van der Waals surface area contributed by atoms with Crippen LogP contribution < -0.4 is 5.32 Å². The maximum atomic E-state index is 4.49. The predicted octanol–water partition coefficient (Wildman–Crippen LogP) is 3.67. The lowest BCUT2D eigenvalue weighted by Crippen LogP contribution is -2.17. The zero-order valence-corrected chi connectivity index (χ0v) is 11.0. The van der Waals surface area contributed by atoms with Crippen molar-refractivity contribution in [3.8, 4) is 0 Å². The Bertz CT molecular complexity index is 613. The minimum atomic E-state index is 0.236. The fourth-order valence-corrected chi connectivity index (χ4v) is 3.46. The van der Waals surface area contributed by atoms with Crippen molar-refractivity contribution >= 4 is 32.9 Å². The molecule has 0 fully saturated rings. The standard InChI is InChI=1S/C13H12N2S2/c1-14-13(9-2-4-16-8-9)10-6-12-11(15-7-10)3-5-17-12/h2-8,13-14H,1H3. The summed E-state index contributed by atoms with van der Waals surface area (Å²) in [5, 5.41) is 9.72. The predicted molar refractivity (Wildman–Crippen MR) is 74.8 cm³/mol. The van der Waals surface area contributed by atoms with E-state index in [1.54, 1.807) is 22.7 Å². The number of fused-ring (bicyclic) bond motifs is 1. The van der Waals surface area contributed by atoms with E-state index < -0.39 is 0 Å². The van der Waals surface area contributed by atoms with Crippen molar-refractivity contribution in [3.05, 3.63) is 51.7 Å². The van der Waals surface area contributed by atoms with Gasteiger partial charge < -0.3 is 5.32 Å². The summed E-state index contributed by atoms with van der Waals surface area (Å²) in [7, 11) is 1.99. The van der Waals surface area contributed by atoms with Crippen LogP contribution in [0, 0.1) is 0 Å². The van der Waals surface area contributed by atoms with E-state index in [1.165, 1.54) is 15.8 Å². The molecular weight excluding hydrogens is 248 g/mol. The molecule has 3 rings (SSSR count). The summed E-state index contributed by atoms with van der Waals surface area (Å²) < 4.78 is 1.25. The maximum Gasteiger partial charge on any atom is 0.0809 e. The molecule has 0 saturated heterocycles. The van der Waals surface area contributed by atoms with E-state index in [2.05, 4.69) is 44.6 Å². The molecule has 17 heavy (non-hydrogen) atoms. The van der Waals surface area contributed by atoms with Gasteiger partial charge in [-0.3, -0.25) is 4.98 Å². The largest absolute Gasteiger partial charge is 0.309 e. The number of thiophene rings is 2. The molecule has 0 aliphatic carbocycles. The second-order valence-corrected chi connectivity index (χ2v) is 5.58. The summed E-state index contributed by atoms with van der Waals surface area (Å²) in [6.45, 7) is 0. The second kappa shape index (κ2) is 4.56. The van der Waals surface area contributed by atoms with E-state index >= 15 is 0 Å². The van der Waals surface area contributed by atoms with Crippen LogP contribution in [0.3, 0.4) is 0 Å². The van der Waals surface area contributed by atoms with Crippen LogP contribution in [0.15, 0.2) is 40.5 Å². The topological polar surface area (TPSA) is 24.9 Å². The zero-order chi connectivity index (χ0) is 11.7. The van der Waals surface area contributed by atoms with E-state index in [-0.39, 0.29) is 6.04 Å². The number of rotatable bonds is 3. The lowest BCUT2D eigenvalue weighted by molar-refractivity contribution is 0.693. The Morgan fingerprint density at radius 3 is 2.94 bits per heavy atom. The quantitative estimate of drug-likeness (QED) is 0.777. The average molecular weight is 260 g/mol. The lowest BCUT2D eigenvalue weighted by atomic mass is 10.0. The molecule has 3 heterocycles. The summed E-state index contributed by atoms with van der Waals surface area (Å²) in [5.41, 5.74) is 3.61. The van der Waals surface area contributed by atoms with Crippen LogP contribution in [-0.2, 0) is 0 Å². The van der Waals surface area contributed by atoms with Gasteiger partial charge >= 0.3 is 0 Å². The second-order valence-electron chi connectivity index (χ2n) is 3.85. The molecule has 1 unspecified atom stereocenters. The molecule has 0 radical (unpaired) electrons. The van der Waals surface area contributed by atoms with Crippen molar-refractivity contribution in [2.24, 2.45) is 0 Å². The first-order chi connectivity index (χ1) is 8.38. The van der Waals surface area contributed by atoms with Crippen LogP contribution in [0.25, 0.3) is 10.2 Å². The third kappa shape index (κ3) is 1.99. The number of nitrogens with one attached hydrogen (secondary N) is 1. The third-order valence-corrected chi connectivity index (χ3v) is 4.38. The Balaban J connectivity index is 2.06. The molecule has 0 spiro atoms. The van der Waals surface area contributed by atoms with Gasteiger partial charge in [0.05, 0.1) is 16.3 Å². The van der Waals surface area contributed by atoms with Gasteiger partial charge in [-0.2, -0.15) is 11.3 Å². The van der Waals surface area contributed by atoms with E-state index in [1.807, 2.05) is 13.2 Å². The highest BCUT2D eigenvalue weighted by molar-refractivity contribution is 7.17. The van der Waals surface area contributed by atoms with E-state index in [9.17, 15) is 0 Å². The summed E-state index contributed by atoms with van der Waals surface area (Å²) in [5.74, 6) is 0. The monoisotopic (exact) mass is 260 g/mol. The highest BCUT2D eigenvalue weighted by atomic mass is 32.1. The van der Waals surface area contributed by atoms with Gasteiger partial charge in [-0.1, -0.05) is 0 Å². The van der Waals surface area contributed by atoms with Crippen molar-refractivity contribution in [3.63, 3.8) is 0 Å². The van der Waals surface area contributed by atoms with Gasteiger partial charge in [0, 0.05) is 6.20 Å². The molecule has 4 heteroatoms. The highest BCUT2D eigenvalue weighted by Crippen LogP contribution is 2.27. The fraction of sp³-hybridized carbons (Fsp3) is 0.154. The van der Waals surface area contributed by atoms with Crippen LogP contribution in [0.2, 0.25) is 0 Å². The molecule has 3 aromatic heterocycles. The molecule has 0 aliphatic rings. The van der Waals surface area contributed by atoms with Crippen molar-refractivity contribution in [1.82, 2.24) is 10.3 Å². The summed E-state index contributed by atoms with van der Waals surface area (Å²) in [6.07, 6.45) is 1.97. The number of hydrogen-bond donors (Lipinski definition) is 1. The fourth-order valence-electron chi connectivity index (χ4n) is 1.98. The molecule has 0 aromatic carbocycles. The Morgan fingerprint density at radius 2 is 2.18 bits per heavy atom. The number of aromatic nitrogens is 1. The smallest absolute Gasteiger partial charge is 0.0809 e. The average Bonchev–Trinajstić information content (AvgIpc) is 2.99. The molecule has 0 bridgehead atoms. The molecule has 1 atom stereocenters. The van der Waals surface area contributed by atoms with Crippen LogP contribution in [0.5, 0.6) is 0 Å². The first-order valence-corrected chi connectivity index (χ1v) is 7.23. The van der Waals surface area contributed by atoms with Crippen molar-refractivity contribution in [2.45, 2.75) is 6.04 Å². The Labute approximate surface area is 108 Å². The van der Waals surface area contributed by atoms with Crippen molar-refractivity contribution < 1.29 is 0 Å². The zero-order valence-electron chi connectivity index (χ0n) is 9.38. The summed E-state index contributed by atoms with van der Waals surface area (Å²) >= 11 is 3.46. The van der Waals surface area contributed by atoms with Crippen LogP contribution in [0.1, 0.15) is 17.2 Å². The SMILES string of the molecule is CNC(c1ccsc1)c1cnc2ccsc2c1. The summed E-state index contributed by atoms with van der Waals surface area (Å²) in [6, 6.07) is 6.68. The number of hydrogen-bond acceptors (Lipinski definition) is 4. The highest BCUT2D eigenvalue weighted by Gasteiger charge is 2.13. The van der Waals surface area contributed by atoms with Gasteiger partial charge in [0.15, 0.2) is 0 Å². The van der Waals surface area contributed by atoms with Gasteiger partial charge in [0.25, 0.3) is 0 Å². The molecule has 0 amide bonds. The van der Waals surface area contributed by atoms with E-state index in [0.717, 1.165) is 5.52 Å². The Kier molecular flexibility index (Phi) is 2.93. The molecule has 0 saturated carbocycles. The van der Waals surface area contributed by atoms with Crippen molar-refractivity contribution in [1.29, 1.82) is 0 Å². The molecule has 1 N–H and O–H groups in total. The lowest BCUT2D eigenvalue weighted by Gasteiger charge is -2.14. The van der Waals surface area contributed by atoms with Gasteiger partial charge in [0.2, 0.25) is 0 Å². The van der Waals surface area contributed by atoms with Crippen LogP contribution >= 0.6 is 22.7 Å². The minimum Gasteiger partial charge on any atom is -0.309 e. The molecular formula is C13H12N2S2. The minimum absolute atomic E-state index is 0.236. The van der Waals surface area contributed by atoms with Crippen LogP contribution in [0.4, 0.5) is 0 Å². The van der Waals surface area contributed by atoms with Crippen LogP contribution in [-0.4, -0.2) is 12.0 Å². The number of pyridine rings is 1. The first-order valence-electron chi connectivity index (χ1n) is 5.41. The molecule has 86 valence electrons. The molecule has 3 aromatic rings. The number of nitrogens with zero attached hydrogens (tertiary/aromatic N) is 1. The summed E-state index contributed by atoms with van der Waals surface area (Å²) in [4.78, 5) is 4.49. The first kappa shape index (κ1) is 10.9.